The molecule has 0 N–H and O–H groups in total. The van der Waals surface area contributed by atoms with E-state index in [9.17, 15) is 4.79 Å². The third-order valence-corrected chi connectivity index (χ3v) is 4.80. The van der Waals surface area contributed by atoms with Gasteiger partial charge in [-0.2, -0.15) is 0 Å². The molecule has 1 aromatic carbocycles. The monoisotopic (exact) mass is 340 g/mol. The minimum absolute atomic E-state index is 0.144. The minimum Gasteiger partial charge on any atom is -0.337 e. The summed E-state index contributed by atoms with van der Waals surface area (Å²) in [6.07, 6.45) is 3.82. The van der Waals surface area contributed by atoms with E-state index >= 15 is 0 Å². The van der Waals surface area contributed by atoms with Crippen LogP contribution in [0.4, 0.5) is 0 Å². The topological polar surface area (TPSA) is 25.2 Å². The minimum atomic E-state index is 0.144. The Hall–Kier alpha value is -2.03. The van der Waals surface area contributed by atoms with Gasteiger partial charge in [0.25, 0.3) is 5.91 Å². The lowest BCUT2D eigenvalue weighted by molar-refractivity contribution is 0.0745. The molecule has 0 saturated heterocycles. The number of allylic oxidation sites excluding steroid dienone is 1. The summed E-state index contributed by atoms with van der Waals surface area (Å²) in [6.45, 7) is 16.9. The zero-order valence-corrected chi connectivity index (χ0v) is 16.4. The number of carbonyl (C=O) groups excluding carboxylic acids is 1. The number of nitrogens with zero attached hydrogens (tertiary/aromatic N) is 2. The molecule has 0 aliphatic rings. The van der Waals surface area contributed by atoms with Crippen molar-refractivity contribution in [3.63, 3.8) is 0 Å². The fraction of sp³-hybridized carbons (Fsp3) is 0.500. The van der Waals surface area contributed by atoms with Gasteiger partial charge in [0, 0.05) is 30.5 Å². The molecule has 1 aromatic heterocycles. The van der Waals surface area contributed by atoms with E-state index in [-0.39, 0.29) is 5.91 Å². The summed E-state index contributed by atoms with van der Waals surface area (Å²) in [5.41, 5.74) is 4.33. The van der Waals surface area contributed by atoms with Crippen molar-refractivity contribution in [2.75, 3.05) is 13.1 Å². The highest BCUT2D eigenvalue weighted by atomic mass is 16.2. The van der Waals surface area contributed by atoms with Gasteiger partial charge in [-0.3, -0.25) is 4.79 Å². The quantitative estimate of drug-likeness (QED) is 0.581. The molecule has 0 spiro atoms. The Balaban J connectivity index is 2.64. The van der Waals surface area contributed by atoms with Crippen LogP contribution in [0.2, 0.25) is 0 Å². The lowest BCUT2D eigenvalue weighted by Gasteiger charge is -2.22. The Morgan fingerprint density at radius 3 is 2.40 bits per heavy atom. The summed E-state index contributed by atoms with van der Waals surface area (Å²) in [7, 11) is 0. The van der Waals surface area contributed by atoms with Gasteiger partial charge in [-0.25, -0.2) is 0 Å². The second kappa shape index (κ2) is 8.37. The van der Waals surface area contributed by atoms with E-state index in [2.05, 4.69) is 64.0 Å². The first kappa shape index (κ1) is 19.3. The van der Waals surface area contributed by atoms with Crippen LogP contribution in [0.5, 0.6) is 0 Å². The molecule has 3 heteroatoms. The summed E-state index contributed by atoms with van der Waals surface area (Å²) in [5, 5.41) is 1.18. The number of hydrogen-bond acceptors (Lipinski definition) is 1. The van der Waals surface area contributed by atoms with Crippen LogP contribution >= 0.6 is 0 Å². The van der Waals surface area contributed by atoms with Crippen LogP contribution in [0.1, 0.15) is 68.1 Å². The number of fused-ring (bicyclic) bond motifs is 1. The van der Waals surface area contributed by atoms with E-state index in [0.717, 1.165) is 42.7 Å². The van der Waals surface area contributed by atoms with Gasteiger partial charge in [0.15, 0.2) is 0 Å². The molecular formula is C22H32N2O. The molecule has 25 heavy (non-hydrogen) atoms. The van der Waals surface area contributed by atoms with E-state index in [1.807, 2.05) is 11.0 Å². The Bertz CT molecular complexity index is 749. The van der Waals surface area contributed by atoms with Crippen LogP contribution in [-0.2, 0) is 6.54 Å². The molecule has 1 heterocycles. The zero-order valence-electron chi connectivity index (χ0n) is 16.4. The first-order valence-electron chi connectivity index (χ1n) is 9.49. The fourth-order valence-corrected chi connectivity index (χ4v) is 3.50. The van der Waals surface area contributed by atoms with Gasteiger partial charge < -0.3 is 9.47 Å². The Morgan fingerprint density at radius 2 is 1.88 bits per heavy atom. The SMILES string of the molecule is C=CCn1c(C(=O)N(CCC)CCC)c(C)c2cc(C(C)C)ccc21. The van der Waals surface area contributed by atoms with E-state index in [1.54, 1.807) is 0 Å². The first-order valence-corrected chi connectivity index (χ1v) is 9.49. The van der Waals surface area contributed by atoms with Gasteiger partial charge in [-0.15, -0.1) is 6.58 Å². The molecule has 0 unspecified atom stereocenters. The zero-order chi connectivity index (χ0) is 18.6. The van der Waals surface area contributed by atoms with Gasteiger partial charge in [-0.1, -0.05) is 39.8 Å². The second-order valence-corrected chi connectivity index (χ2v) is 7.10. The smallest absolute Gasteiger partial charge is 0.270 e. The predicted octanol–water partition coefficient (Wildman–Crippen LogP) is 5.52. The number of amides is 1. The van der Waals surface area contributed by atoms with Crippen molar-refractivity contribution in [3.8, 4) is 0 Å². The highest BCUT2D eigenvalue weighted by molar-refractivity contribution is 6.01. The molecule has 2 rings (SSSR count). The highest BCUT2D eigenvalue weighted by Crippen LogP contribution is 2.30. The van der Waals surface area contributed by atoms with Crippen molar-refractivity contribution in [3.05, 3.63) is 47.7 Å². The number of hydrogen-bond donors (Lipinski definition) is 0. The van der Waals surface area contributed by atoms with Crippen LogP contribution in [0.15, 0.2) is 30.9 Å². The maximum absolute atomic E-state index is 13.3. The molecule has 2 aromatic rings. The fourth-order valence-electron chi connectivity index (χ4n) is 3.50. The molecule has 136 valence electrons. The molecule has 0 fully saturated rings. The molecule has 0 radical (unpaired) electrons. The third-order valence-electron chi connectivity index (χ3n) is 4.80. The van der Waals surface area contributed by atoms with Crippen molar-refractivity contribution in [2.24, 2.45) is 0 Å². The van der Waals surface area contributed by atoms with Crippen LogP contribution in [0.25, 0.3) is 10.9 Å². The Morgan fingerprint density at radius 1 is 1.24 bits per heavy atom. The van der Waals surface area contributed by atoms with Crippen LogP contribution in [0, 0.1) is 6.92 Å². The van der Waals surface area contributed by atoms with Gasteiger partial charge in [-0.05, 0) is 48.9 Å². The lowest BCUT2D eigenvalue weighted by atomic mass is 10.0. The normalized spacial score (nSPS) is 11.3. The molecule has 1 amide bonds. The van der Waals surface area contributed by atoms with E-state index in [4.69, 9.17) is 0 Å². The number of aryl methyl sites for hydroxylation is 1. The molecule has 0 aliphatic heterocycles. The van der Waals surface area contributed by atoms with Crippen molar-refractivity contribution >= 4 is 16.8 Å². The van der Waals surface area contributed by atoms with E-state index in [1.165, 1.54) is 10.9 Å². The molecule has 0 aliphatic carbocycles. The number of carbonyl (C=O) groups is 1. The van der Waals surface area contributed by atoms with Crippen molar-refractivity contribution < 1.29 is 4.79 Å². The maximum Gasteiger partial charge on any atom is 0.270 e. The second-order valence-electron chi connectivity index (χ2n) is 7.10. The first-order chi connectivity index (χ1) is 12.0. The molecule has 0 saturated carbocycles. The summed E-state index contributed by atoms with van der Waals surface area (Å²) < 4.78 is 2.13. The standard InChI is InChI=1S/C22H32N2O/c1-7-12-23(13-8-2)22(25)21-17(6)19-15-18(16(4)5)10-11-20(19)24(21)14-9-3/h9-11,15-16H,3,7-8,12-14H2,1-2,4-6H3. The number of benzene rings is 1. The average molecular weight is 341 g/mol. The summed E-state index contributed by atoms with van der Waals surface area (Å²) in [6, 6.07) is 6.58. The molecule has 0 atom stereocenters. The predicted molar refractivity (Wildman–Crippen MR) is 107 cm³/mol. The van der Waals surface area contributed by atoms with E-state index < -0.39 is 0 Å². The van der Waals surface area contributed by atoms with Crippen LogP contribution in [0.3, 0.4) is 0 Å². The van der Waals surface area contributed by atoms with Gasteiger partial charge in [0.1, 0.15) is 5.69 Å². The highest BCUT2D eigenvalue weighted by Gasteiger charge is 2.24. The summed E-state index contributed by atoms with van der Waals surface area (Å²) >= 11 is 0. The lowest BCUT2D eigenvalue weighted by Crippen LogP contribution is -2.34. The Kier molecular flexibility index (Phi) is 6.46. The van der Waals surface area contributed by atoms with Crippen molar-refractivity contribution in [1.29, 1.82) is 0 Å². The number of aromatic nitrogens is 1. The van der Waals surface area contributed by atoms with Crippen LogP contribution < -0.4 is 0 Å². The number of rotatable bonds is 8. The Labute approximate surface area is 152 Å². The average Bonchev–Trinajstić information content (AvgIpc) is 2.86. The van der Waals surface area contributed by atoms with Gasteiger partial charge >= 0.3 is 0 Å². The van der Waals surface area contributed by atoms with E-state index in [0.29, 0.717) is 12.5 Å². The third kappa shape index (κ3) is 3.81. The van der Waals surface area contributed by atoms with Crippen molar-refractivity contribution in [2.45, 2.75) is 59.9 Å². The largest absolute Gasteiger partial charge is 0.337 e. The van der Waals surface area contributed by atoms with Gasteiger partial charge in [0.05, 0.1) is 0 Å². The van der Waals surface area contributed by atoms with Crippen molar-refractivity contribution in [1.82, 2.24) is 9.47 Å². The van der Waals surface area contributed by atoms with Crippen LogP contribution in [-0.4, -0.2) is 28.5 Å². The summed E-state index contributed by atoms with van der Waals surface area (Å²) in [5.74, 6) is 0.618. The molecule has 0 bridgehead atoms. The summed E-state index contributed by atoms with van der Waals surface area (Å²) in [4.78, 5) is 15.3. The van der Waals surface area contributed by atoms with Gasteiger partial charge in [0.2, 0.25) is 0 Å². The molecular weight excluding hydrogens is 308 g/mol. The maximum atomic E-state index is 13.3. The molecule has 3 nitrogen and oxygen atoms in total.